The van der Waals surface area contributed by atoms with E-state index < -0.39 is 0 Å². The average Bonchev–Trinajstić information content (AvgIpc) is 1.99. The molecule has 0 heterocycles. The fourth-order valence-electron chi connectivity index (χ4n) is 1.07. The molecule has 0 spiro atoms. The van der Waals surface area contributed by atoms with Crippen molar-refractivity contribution in [2.45, 2.75) is 57.9 Å². The molecule has 1 unspecified atom stereocenters. The Morgan fingerprint density at radius 1 is 1.36 bits per heavy atom. The fraction of sp³-hybridized carbons (Fsp3) is 0.909. The third kappa shape index (κ3) is 8.40. The number of nitrogens with zero attached hydrogens (tertiary/aromatic N) is 1. The highest BCUT2D eigenvalue weighted by Gasteiger charge is 2.13. The zero-order valence-electron chi connectivity index (χ0n) is 9.92. The Morgan fingerprint density at radius 2 is 1.93 bits per heavy atom. The molecule has 0 aromatic heterocycles. The van der Waals surface area contributed by atoms with E-state index >= 15 is 0 Å². The van der Waals surface area contributed by atoms with Crippen molar-refractivity contribution in [1.82, 2.24) is 5.32 Å². The molecule has 14 heavy (non-hydrogen) atoms. The van der Waals surface area contributed by atoms with E-state index in [-0.39, 0.29) is 6.04 Å². The maximum absolute atomic E-state index is 8.88. The smallest absolute Gasteiger partial charge is 0.0962 e. The quantitative estimate of drug-likeness (QED) is 0.764. The molecule has 0 bridgehead atoms. The summed E-state index contributed by atoms with van der Waals surface area (Å²) in [5.41, 5.74) is 0. The molecule has 0 saturated carbocycles. The molecule has 82 valence electrons. The van der Waals surface area contributed by atoms with E-state index in [0.717, 1.165) is 12.2 Å². The number of rotatable bonds is 5. The lowest BCUT2D eigenvalue weighted by atomic mass is 10.2. The van der Waals surface area contributed by atoms with Gasteiger partial charge in [-0.1, -0.05) is 20.8 Å². The summed E-state index contributed by atoms with van der Waals surface area (Å²) in [7, 11) is 0. The molecule has 2 nitrogen and oxygen atoms in total. The Bertz CT molecular complexity index is 188. The molecule has 1 atom stereocenters. The van der Waals surface area contributed by atoms with E-state index in [1.165, 1.54) is 0 Å². The van der Waals surface area contributed by atoms with Crippen LogP contribution in [0.1, 0.15) is 41.0 Å². The van der Waals surface area contributed by atoms with Crippen LogP contribution in [0.4, 0.5) is 0 Å². The van der Waals surface area contributed by atoms with Crippen molar-refractivity contribution in [3.05, 3.63) is 0 Å². The van der Waals surface area contributed by atoms with Crippen molar-refractivity contribution in [2.24, 2.45) is 0 Å². The second kappa shape index (κ2) is 6.31. The second-order valence-electron chi connectivity index (χ2n) is 4.75. The Kier molecular flexibility index (Phi) is 6.22. The summed E-state index contributed by atoms with van der Waals surface area (Å²) in [5, 5.41) is 12.1. The Balaban J connectivity index is 3.70. The van der Waals surface area contributed by atoms with Gasteiger partial charge in [0, 0.05) is 10.8 Å². The van der Waals surface area contributed by atoms with Crippen LogP contribution in [-0.2, 0) is 0 Å². The van der Waals surface area contributed by atoms with E-state index in [9.17, 15) is 0 Å². The van der Waals surface area contributed by atoms with Crippen LogP contribution in [-0.4, -0.2) is 22.6 Å². The first kappa shape index (κ1) is 13.8. The number of nitrogens with one attached hydrogen (secondary N) is 1. The lowest BCUT2D eigenvalue weighted by Crippen LogP contribution is -2.34. The molecule has 3 heteroatoms. The van der Waals surface area contributed by atoms with Crippen LogP contribution in [0.5, 0.6) is 0 Å². The molecule has 0 aliphatic rings. The summed E-state index contributed by atoms with van der Waals surface area (Å²) >= 11 is 1.91. The summed E-state index contributed by atoms with van der Waals surface area (Å²) < 4.78 is 0.303. The maximum Gasteiger partial charge on any atom is 0.0962 e. The van der Waals surface area contributed by atoms with Gasteiger partial charge in [0.2, 0.25) is 0 Å². The Morgan fingerprint density at radius 3 is 2.29 bits per heavy atom. The highest BCUT2D eigenvalue weighted by atomic mass is 32.2. The Labute approximate surface area is 92.5 Å². The average molecular weight is 214 g/mol. The predicted octanol–water partition coefficient (Wildman–Crippen LogP) is 2.80. The first-order valence-corrected chi connectivity index (χ1v) is 6.13. The fourth-order valence-corrected chi connectivity index (χ4v) is 2.04. The van der Waals surface area contributed by atoms with Gasteiger partial charge in [-0.05, 0) is 26.0 Å². The van der Waals surface area contributed by atoms with Crippen LogP contribution in [0.3, 0.4) is 0 Å². The summed E-state index contributed by atoms with van der Waals surface area (Å²) in [5.74, 6) is 1.04. The molecule has 0 radical (unpaired) electrons. The summed E-state index contributed by atoms with van der Waals surface area (Å²) in [6.45, 7) is 10.8. The lowest BCUT2D eigenvalue weighted by Gasteiger charge is -2.19. The number of thioether (sulfide) groups is 1. The van der Waals surface area contributed by atoms with Gasteiger partial charge < -0.3 is 0 Å². The van der Waals surface area contributed by atoms with E-state index in [1.54, 1.807) is 0 Å². The molecule has 0 aromatic rings. The Hall–Kier alpha value is -0.200. The number of hydrogen-bond donors (Lipinski definition) is 1. The lowest BCUT2D eigenvalue weighted by molar-refractivity contribution is 0.522. The first-order chi connectivity index (χ1) is 6.35. The van der Waals surface area contributed by atoms with Crippen molar-refractivity contribution in [3.63, 3.8) is 0 Å². The molecule has 0 fully saturated rings. The maximum atomic E-state index is 8.88. The number of nitriles is 1. The third-order valence-electron chi connectivity index (χ3n) is 1.63. The number of hydrogen-bond acceptors (Lipinski definition) is 3. The van der Waals surface area contributed by atoms with Crippen LogP contribution in [0.2, 0.25) is 0 Å². The van der Waals surface area contributed by atoms with Gasteiger partial charge in [-0.25, -0.2) is 0 Å². The van der Waals surface area contributed by atoms with Gasteiger partial charge in [-0.3, -0.25) is 5.32 Å². The summed E-state index contributed by atoms with van der Waals surface area (Å²) in [6, 6.07) is 2.69. The van der Waals surface area contributed by atoms with Gasteiger partial charge in [0.1, 0.15) is 0 Å². The van der Waals surface area contributed by atoms with Gasteiger partial charge >= 0.3 is 0 Å². The van der Waals surface area contributed by atoms with Gasteiger partial charge in [-0.2, -0.15) is 17.0 Å². The normalized spacial score (nSPS) is 14.1. The zero-order chi connectivity index (χ0) is 11.2. The minimum absolute atomic E-state index is 0.00449. The van der Waals surface area contributed by atoms with Crippen molar-refractivity contribution < 1.29 is 0 Å². The van der Waals surface area contributed by atoms with Gasteiger partial charge in [0.25, 0.3) is 0 Å². The molecule has 1 N–H and O–H groups in total. The first-order valence-electron chi connectivity index (χ1n) is 5.15. The second-order valence-corrected chi connectivity index (χ2v) is 6.67. The molecular weight excluding hydrogens is 192 g/mol. The highest BCUT2D eigenvalue weighted by molar-refractivity contribution is 8.00. The molecular formula is C11H22N2S. The minimum atomic E-state index is 0.00449. The highest BCUT2D eigenvalue weighted by Crippen LogP contribution is 2.23. The van der Waals surface area contributed by atoms with Crippen LogP contribution in [0, 0.1) is 11.3 Å². The summed E-state index contributed by atoms with van der Waals surface area (Å²) in [4.78, 5) is 0. The van der Waals surface area contributed by atoms with Crippen molar-refractivity contribution in [3.8, 4) is 6.07 Å². The molecule has 0 amide bonds. The van der Waals surface area contributed by atoms with Crippen LogP contribution >= 0.6 is 11.8 Å². The van der Waals surface area contributed by atoms with Crippen molar-refractivity contribution in [1.29, 1.82) is 5.26 Å². The van der Waals surface area contributed by atoms with Gasteiger partial charge in [0.05, 0.1) is 12.1 Å². The monoisotopic (exact) mass is 214 g/mol. The molecule has 0 saturated heterocycles. The minimum Gasteiger partial charge on any atom is -0.300 e. The molecule has 0 aromatic carbocycles. The van der Waals surface area contributed by atoms with E-state index in [1.807, 2.05) is 11.8 Å². The van der Waals surface area contributed by atoms with Crippen LogP contribution < -0.4 is 5.32 Å². The van der Waals surface area contributed by atoms with E-state index in [4.69, 9.17) is 5.26 Å². The SMILES string of the molecule is CC(C)NC(C#N)CCSC(C)(C)C. The topological polar surface area (TPSA) is 35.8 Å². The van der Waals surface area contributed by atoms with E-state index in [2.05, 4.69) is 46.0 Å². The molecule has 0 aliphatic carbocycles. The van der Waals surface area contributed by atoms with Crippen LogP contribution in [0.25, 0.3) is 0 Å². The molecule has 0 aliphatic heterocycles. The van der Waals surface area contributed by atoms with Crippen molar-refractivity contribution >= 4 is 11.8 Å². The summed E-state index contributed by atoms with van der Waals surface area (Å²) in [6.07, 6.45) is 0.927. The van der Waals surface area contributed by atoms with Gasteiger partial charge in [-0.15, -0.1) is 0 Å². The largest absolute Gasteiger partial charge is 0.300 e. The zero-order valence-corrected chi connectivity index (χ0v) is 10.7. The van der Waals surface area contributed by atoms with Gasteiger partial charge in [0.15, 0.2) is 0 Å². The predicted molar refractivity (Wildman–Crippen MR) is 64.5 cm³/mol. The standard InChI is InChI=1S/C11H22N2S/c1-9(2)13-10(8-12)6-7-14-11(3,4)5/h9-10,13H,6-7H2,1-5H3. The van der Waals surface area contributed by atoms with E-state index in [0.29, 0.717) is 10.8 Å². The third-order valence-corrected chi connectivity index (χ3v) is 2.94. The molecule has 0 rings (SSSR count). The van der Waals surface area contributed by atoms with Crippen molar-refractivity contribution in [2.75, 3.05) is 5.75 Å². The van der Waals surface area contributed by atoms with Crippen LogP contribution in [0.15, 0.2) is 0 Å².